The lowest BCUT2D eigenvalue weighted by atomic mass is 10.2. The molecule has 0 fully saturated rings. The summed E-state index contributed by atoms with van der Waals surface area (Å²) < 4.78 is 32.8. The molecule has 2 N–H and O–H groups in total. The highest BCUT2D eigenvalue weighted by Crippen LogP contribution is 2.29. The number of ether oxygens (including phenoxy) is 1. The number of hydrogen-bond acceptors (Lipinski definition) is 6. The van der Waals surface area contributed by atoms with E-state index in [9.17, 15) is 18.0 Å². The Balaban J connectivity index is 1.48. The van der Waals surface area contributed by atoms with Crippen molar-refractivity contribution < 1.29 is 22.7 Å². The SMILES string of the molecule is CCN(c1ccccc1)S(=O)(=O)c1ccc(Cl)c(NC(=O)COC(=O)c2n[nH]c3ccccc23)c1. The minimum absolute atomic E-state index is 0.0529. The second-order valence-electron chi connectivity index (χ2n) is 7.39. The molecule has 35 heavy (non-hydrogen) atoms. The summed E-state index contributed by atoms with van der Waals surface area (Å²) in [5.41, 5.74) is 1.29. The van der Waals surface area contributed by atoms with Crippen LogP contribution < -0.4 is 9.62 Å². The Morgan fingerprint density at radius 1 is 1.06 bits per heavy atom. The summed E-state index contributed by atoms with van der Waals surface area (Å²) >= 11 is 6.19. The van der Waals surface area contributed by atoms with E-state index in [1.165, 1.54) is 22.5 Å². The van der Waals surface area contributed by atoms with Gasteiger partial charge >= 0.3 is 5.97 Å². The van der Waals surface area contributed by atoms with E-state index in [4.69, 9.17) is 16.3 Å². The second-order valence-corrected chi connectivity index (χ2v) is 9.66. The van der Waals surface area contributed by atoms with Crippen LogP contribution in [0.15, 0.2) is 77.7 Å². The number of esters is 1. The number of amides is 1. The van der Waals surface area contributed by atoms with Crippen LogP contribution in [0.3, 0.4) is 0 Å². The van der Waals surface area contributed by atoms with Crippen molar-refractivity contribution in [3.8, 4) is 0 Å². The number of hydrogen-bond donors (Lipinski definition) is 2. The Bertz CT molecular complexity index is 1490. The molecule has 1 amide bonds. The molecule has 0 aliphatic carbocycles. The average molecular weight is 513 g/mol. The molecule has 11 heteroatoms. The van der Waals surface area contributed by atoms with Crippen LogP contribution in [-0.2, 0) is 19.6 Å². The van der Waals surface area contributed by atoms with Gasteiger partial charge in [-0.2, -0.15) is 5.10 Å². The van der Waals surface area contributed by atoms with Gasteiger partial charge in [0.2, 0.25) is 0 Å². The van der Waals surface area contributed by atoms with Gasteiger partial charge in [-0.3, -0.25) is 14.2 Å². The van der Waals surface area contributed by atoms with Gasteiger partial charge in [0.05, 0.1) is 26.8 Å². The van der Waals surface area contributed by atoms with Crippen LogP contribution in [0.25, 0.3) is 10.9 Å². The van der Waals surface area contributed by atoms with E-state index in [1.807, 2.05) is 0 Å². The van der Waals surface area contributed by atoms with Crippen molar-refractivity contribution in [2.45, 2.75) is 11.8 Å². The Hall–Kier alpha value is -3.89. The fraction of sp³-hybridized carbons (Fsp3) is 0.125. The predicted molar refractivity (Wildman–Crippen MR) is 133 cm³/mol. The van der Waals surface area contributed by atoms with E-state index in [-0.39, 0.29) is 27.8 Å². The number of nitrogens with one attached hydrogen (secondary N) is 2. The lowest BCUT2D eigenvalue weighted by Gasteiger charge is -2.23. The molecule has 4 aromatic rings. The molecule has 0 saturated heterocycles. The monoisotopic (exact) mass is 512 g/mol. The molecule has 1 aromatic heterocycles. The quantitative estimate of drug-likeness (QED) is 0.341. The molecule has 1 heterocycles. The van der Waals surface area contributed by atoms with E-state index >= 15 is 0 Å². The van der Waals surface area contributed by atoms with Gasteiger partial charge in [0, 0.05) is 11.9 Å². The van der Waals surface area contributed by atoms with Crippen LogP contribution in [0.4, 0.5) is 11.4 Å². The number of carbonyl (C=O) groups is 2. The molecule has 0 unspecified atom stereocenters. The van der Waals surface area contributed by atoms with E-state index in [0.29, 0.717) is 16.6 Å². The zero-order valence-corrected chi connectivity index (χ0v) is 20.1. The number of anilines is 2. The molecule has 0 spiro atoms. The maximum atomic E-state index is 13.3. The highest BCUT2D eigenvalue weighted by molar-refractivity contribution is 7.92. The third-order valence-electron chi connectivity index (χ3n) is 5.13. The van der Waals surface area contributed by atoms with Gasteiger partial charge in [-0.25, -0.2) is 13.2 Å². The van der Waals surface area contributed by atoms with Gasteiger partial charge in [0.25, 0.3) is 15.9 Å². The van der Waals surface area contributed by atoms with Crippen molar-refractivity contribution in [1.82, 2.24) is 10.2 Å². The lowest BCUT2D eigenvalue weighted by Crippen LogP contribution is -2.30. The Morgan fingerprint density at radius 3 is 2.51 bits per heavy atom. The third kappa shape index (κ3) is 5.13. The first-order chi connectivity index (χ1) is 16.8. The summed E-state index contributed by atoms with van der Waals surface area (Å²) in [6.45, 7) is 1.31. The number of fused-ring (bicyclic) bond motifs is 1. The van der Waals surface area contributed by atoms with Gasteiger partial charge in [-0.05, 0) is 43.3 Å². The Kier molecular flexibility index (Phi) is 7.04. The zero-order chi connectivity index (χ0) is 25.0. The summed E-state index contributed by atoms with van der Waals surface area (Å²) in [7, 11) is -3.93. The standard InChI is InChI=1S/C24H21ClN4O5S/c1-2-29(16-8-4-3-5-9-16)35(32,33)17-12-13-19(25)21(14-17)26-22(30)15-34-24(31)23-18-10-6-7-11-20(18)27-28-23/h3-14H,2,15H2,1H3,(H,26,30)(H,27,28). The average Bonchev–Trinajstić information content (AvgIpc) is 3.29. The number of sulfonamides is 1. The maximum absolute atomic E-state index is 13.3. The van der Waals surface area contributed by atoms with Gasteiger partial charge in [0.15, 0.2) is 12.3 Å². The van der Waals surface area contributed by atoms with Crippen molar-refractivity contribution in [3.63, 3.8) is 0 Å². The van der Waals surface area contributed by atoms with Gasteiger partial charge in [0.1, 0.15) is 0 Å². The summed E-state index contributed by atoms with van der Waals surface area (Å²) in [6, 6.07) is 19.7. The number of nitrogens with zero attached hydrogens (tertiary/aromatic N) is 2. The second kappa shape index (κ2) is 10.2. The first-order valence-corrected chi connectivity index (χ1v) is 12.4. The molecule has 180 valence electrons. The number of H-pyrrole nitrogens is 1. The molecule has 3 aromatic carbocycles. The van der Waals surface area contributed by atoms with Crippen molar-refractivity contribution in [3.05, 3.63) is 83.5 Å². The minimum atomic E-state index is -3.93. The summed E-state index contributed by atoms with van der Waals surface area (Å²) in [4.78, 5) is 24.8. The van der Waals surface area contributed by atoms with Gasteiger partial charge in [-0.15, -0.1) is 0 Å². The largest absolute Gasteiger partial charge is 0.451 e. The van der Waals surface area contributed by atoms with E-state index in [0.717, 1.165) is 0 Å². The summed E-state index contributed by atoms with van der Waals surface area (Å²) in [5.74, 6) is -1.47. The number of aromatic amines is 1. The van der Waals surface area contributed by atoms with Gasteiger partial charge < -0.3 is 10.1 Å². The molecule has 0 atom stereocenters. The Labute approximate surface area is 206 Å². The normalized spacial score (nSPS) is 11.3. The predicted octanol–water partition coefficient (Wildman–Crippen LogP) is 4.23. The fourth-order valence-electron chi connectivity index (χ4n) is 3.48. The number of rotatable bonds is 8. The van der Waals surface area contributed by atoms with Crippen molar-refractivity contribution in [2.24, 2.45) is 0 Å². The highest BCUT2D eigenvalue weighted by Gasteiger charge is 2.25. The molecule has 0 saturated carbocycles. The zero-order valence-electron chi connectivity index (χ0n) is 18.6. The molecule has 0 aliphatic rings. The number of aromatic nitrogens is 2. The van der Waals surface area contributed by atoms with Gasteiger partial charge in [-0.1, -0.05) is 48.0 Å². The smallest absolute Gasteiger partial charge is 0.359 e. The van der Waals surface area contributed by atoms with Crippen LogP contribution in [0.1, 0.15) is 17.4 Å². The number of para-hydroxylation sites is 2. The van der Waals surface area contributed by atoms with Crippen molar-refractivity contribution >= 4 is 55.8 Å². The van der Waals surface area contributed by atoms with Crippen molar-refractivity contribution in [1.29, 1.82) is 0 Å². The van der Waals surface area contributed by atoms with Crippen LogP contribution in [0.2, 0.25) is 5.02 Å². The first kappa shape index (κ1) is 24.2. The van der Waals surface area contributed by atoms with E-state index < -0.39 is 28.5 Å². The Morgan fingerprint density at radius 2 is 1.77 bits per heavy atom. The molecular formula is C24H21ClN4O5S. The molecule has 0 radical (unpaired) electrons. The van der Waals surface area contributed by atoms with E-state index in [2.05, 4.69) is 15.5 Å². The van der Waals surface area contributed by atoms with Crippen LogP contribution in [-0.4, -0.2) is 43.6 Å². The van der Waals surface area contributed by atoms with Crippen molar-refractivity contribution in [2.75, 3.05) is 22.8 Å². The number of benzene rings is 3. The molecule has 0 bridgehead atoms. The third-order valence-corrected chi connectivity index (χ3v) is 7.36. The minimum Gasteiger partial charge on any atom is -0.451 e. The first-order valence-electron chi connectivity index (χ1n) is 10.6. The molecule has 9 nitrogen and oxygen atoms in total. The summed E-state index contributed by atoms with van der Waals surface area (Å²) in [6.07, 6.45) is 0. The highest BCUT2D eigenvalue weighted by atomic mass is 35.5. The molecular weight excluding hydrogens is 492 g/mol. The molecule has 4 rings (SSSR count). The van der Waals surface area contributed by atoms with Crippen LogP contribution >= 0.6 is 11.6 Å². The number of halogens is 1. The van der Waals surface area contributed by atoms with E-state index in [1.54, 1.807) is 61.5 Å². The van der Waals surface area contributed by atoms with Crippen LogP contribution in [0, 0.1) is 0 Å². The number of carbonyl (C=O) groups excluding carboxylic acids is 2. The fourth-order valence-corrected chi connectivity index (χ4v) is 5.14. The topological polar surface area (TPSA) is 121 Å². The summed E-state index contributed by atoms with van der Waals surface area (Å²) in [5, 5.41) is 9.85. The lowest BCUT2D eigenvalue weighted by molar-refractivity contribution is -0.119. The van der Waals surface area contributed by atoms with Crippen LogP contribution in [0.5, 0.6) is 0 Å². The maximum Gasteiger partial charge on any atom is 0.359 e. The molecule has 0 aliphatic heterocycles.